The first-order chi connectivity index (χ1) is 24.8. The number of carbonyl (C=O) groups excluding carboxylic acids is 1. The highest BCUT2D eigenvalue weighted by Crippen LogP contribution is 2.37. The average molecular weight is 709 g/mol. The fraction of sp³-hybridized carbons (Fsp3) is 0.244. The molecule has 0 aliphatic rings. The number of benzene rings is 4. The van der Waals surface area contributed by atoms with Crippen molar-refractivity contribution in [3.8, 4) is 45.6 Å². The molecule has 0 aliphatic heterocycles. The Hall–Kier alpha value is -5.27. The second-order valence-electron chi connectivity index (χ2n) is 11.6. The van der Waals surface area contributed by atoms with Crippen molar-refractivity contribution in [3.63, 3.8) is 0 Å². The van der Waals surface area contributed by atoms with Crippen LogP contribution >= 0.6 is 11.6 Å². The number of aromatic nitrogens is 1. The second-order valence-corrected chi connectivity index (χ2v) is 12.0. The zero-order chi connectivity index (χ0) is 36.3. The maximum atomic E-state index is 15.5. The van der Waals surface area contributed by atoms with Gasteiger partial charge in [-0.2, -0.15) is 5.26 Å². The summed E-state index contributed by atoms with van der Waals surface area (Å²) in [6.45, 7) is 9.14. The summed E-state index contributed by atoms with van der Waals surface area (Å²) in [7, 11) is 0. The molecule has 0 saturated carbocycles. The molecule has 0 spiro atoms. The van der Waals surface area contributed by atoms with Crippen LogP contribution in [0.3, 0.4) is 0 Å². The summed E-state index contributed by atoms with van der Waals surface area (Å²) in [5, 5.41) is 9.42. The van der Waals surface area contributed by atoms with Gasteiger partial charge in [-0.25, -0.2) is 4.39 Å². The molecule has 5 rings (SSSR count). The Morgan fingerprint density at radius 3 is 2.20 bits per heavy atom. The van der Waals surface area contributed by atoms with E-state index in [0.717, 1.165) is 33.4 Å². The molecular weight excluding hydrogens is 671 g/mol. The first kappa shape index (κ1) is 37.0. The van der Waals surface area contributed by atoms with Gasteiger partial charge in [-0.3, -0.25) is 9.78 Å². The van der Waals surface area contributed by atoms with Gasteiger partial charge in [0.15, 0.2) is 12.6 Å². The Bertz CT molecular complexity index is 2040. The largest absolute Gasteiger partial charge is 0.488 e. The van der Waals surface area contributed by atoms with E-state index in [1.807, 2.05) is 70.2 Å². The number of ether oxygens (including phenoxy) is 5. The number of hydrogen-bond acceptors (Lipinski definition) is 8. The zero-order valence-corrected chi connectivity index (χ0v) is 29.6. The summed E-state index contributed by atoms with van der Waals surface area (Å²) in [6.07, 6.45) is 3.19. The van der Waals surface area contributed by atoms with Gasteiger partial charge >= 0.3 is 0 Å². The molecule has 1 heterocycles. The number of hydrogen-bond donors (Lipinski definition) is 0. The van der Waals surface area contributed by atoms with E-state index in [9.17, 15) is 4.79 Å². The molecule has 0 N–H and O–H groups in total. The minimum atomic E-state index is -0.527. The first-order valence-electron chi connectivity index (χ1n) is 16.5. The van der Waals surface area contributed by atoms with E-state index in [4.69, 9.17) is 40.5 Å². The molecule has 1 aromatic heterocycles. The Morgan fingerprint density at radius 1 is 0.824 bits per heavy atom. The zero-order valence-electron chi connectivity index (χ0n) is 28.9. The summed E-state index contributed by atoms with van der Waals surface area (Å²) in [4.78, 5) is 15.8. The van der Waals surface area contributed by atoms with Gasteiger partial charge in [0.2, 0.25) is 0 Å². The third kappa shape index (κ3) is 9.10. The Kier molecular flexibility index (Phi) is 12.8. The Labute approximate surface area is 302 Å². The lowest BCUT2D eigenvalue weighted by Gasteiger charge is -2.19. The van der Waals surface area contributed by atoms with Gasteiger partial charge in [-0.05, 0) is 85.3 Å². The van der Waals surface area contributed by atoms with E-state index in [0.29, 0.717) is 47.7 Å². The topological polar surface area (TPSA) is 99.9 Å². The van der Waals surface area contributed by atoms with E-state index in [2.05, 4.69) is 4.98 Å². The SMILES string of the molecule is CCOC(COc1ccc(-c2cccc(-c3cccc(COc4cc(OCc5cncc(C#N)c5)c(C=O)cc4Cl)c3C)c2C)c(F)c1)OCC. The lowest BCUT2D eigenvalue weighted by molar-refractivity contribution is -0.152. The molecule has 0 radical (unpaired) electrons. The summed E-state index contributed by atoms with van der Waals surface area (Å²) in [5.74, 6) is 0.625. The fourth-order valence-corrected chi connectivity index (χ4v) is 5.88. The van der Waals surface area contributed by atoms with Crippen molar-refractivity contribution in [1.82, 2.24) is 4.98 Å². The fourth-order valence-electron chi connectivity index (χ4n) is 5.66. The van der Waals surface area contributed by atoms with Gasteiger partial charge < -0.3 is 23.7 Å². The Morgan fingerprint density at radius 2 is 1.51 bits per heavy atom. The average Bonchev–Trinajstić information content (AvgIpc) is 3.14. The van der Waals surface area contributed by atoms with Crippen molar-refractivity contribution in [2.75, 3.05) is 19.8 Å². The molecule has 51 heavy (non-hydrogen) atoms. The Balaban J connectivity index is 1.34. The maximum Gasteiger partial charge on any atom is 0.191 e. The minimum Gasteiger partial charge on any atom is -0.488 e. The number of nitriles is 1. The van der Waals surface area contributed by atoms with Crippen LogP contribution in [0, 0.1) is 31.0 Å². The lowest BCUT2D eigenvalue weighted by Crippen LogP contribution is -2.25. The molecule has 262 valence electrons. The van der Waals surface area contributed by atoms with E-state index in [1.54, 1.807) is 30.5 Å². The van der Waals surface area contributed by atoms with Crippen LogP contribution < -0.4 is 14.2 Å². The van der Waals surface area contributed by atoms with Gasteiger partial charge in [0.05, 0.1) is 16.1 Å². The second kappa shape index (κ2) is 17.6. The molecule has 10 heteroatoms. The van der Waals surface area contributed by atoms with Crippen molar-refractivity contribution in [1.29, 1.82) is 5.26 Å². The third-order valence-corrected chi connectivity index (χ3v) is 8.58. The van der Waals surface area contributed by atoms with Crippen LogP contribution in [0.2, 0.25) is 5.02 Å². The predicted octanol–water partition coefficient (Wildman–Crippen LogP) is 9.45. The third-order valence-electron chi connectivity index (χ3n) is 8.28. The van der Waals surface area contributed by atoms with Crippen molar-refractivity contribution in [2.24, 2.45) is 0 Å². The molecular formula is C41H38ClFN2O6. The van der Waals surface area contributed by atoms with Crippen LogP contribution in [0.5, 0.6) is 17.2 Å². The van der Waals surface area contributed by atoms with E-state index < -0.39 is 12.1 Å². The van der Waals surface area contributed by atoms with Crippen molar-refractivity contribution in [3.05, 3.63) is 129 Å². The van der Waals surface area contributed by atoms with Crippen molar-refractivity contribution < 1.29 is 32.9 Å². The van der Waals surface area contributed by atoms with Gasteiger partial charge in [-0.1, -0.05) is 48.0 Å². The smallest absolute Gasteiger partial charge is 0.191 e. The molecule has 0 aliphatic carbocycles. The summed E-state index contributed by atoms with van der Waals surface area (Å²) >= 11 is 6.51. The first-order valence-corrected chi connectivity index (χ1v) is 16.9. The quantitative estimate of drug-likeness (QED) is 0.0738. The highest BCUT2D eigenvalue weighted by molar-refractivity contribution is 6.32. The molecule has 5 aromatic rings. The molecule has 0 atom stereocenters. The number of pyridine rings is 1. The highest BCUT2D eigenvalue weighted by atomic mass is 35.5. The van der Waals surface area contributed by atoms with Crippen LogP contribution in [0.1, 0.15) is 52.0 Å². The molecule has 0 fully saturated rings. The van der Waals surface area contributed by atoms with Crippen LogP contribution in [0.15, 0.2) is 85.2 Å². The van der Waals surface area contributed by atoms with Crippen molar-refractivity contribution >= 4 is 17.9 Å². The molecule has 4 aromatic carbocycles. The monoisotopic (exact) mass is 708 g/mol. The molecule has 0 amide bonds. The minimum absolute atomic E-state index is 0.0925. The maximum absolute atomic E-state index is 15.5. The molecule has 0 bridgehead atoms. The number of rotatable bonds is 16. The van der Waals surface area contributed by atoms with Crippen molar-refractivity contribution in [2.45, 2.75) is 47.2 Å². The van der Waals surface area contributed by atoms with E-state index in [-0.39, 0.29) is 36.2 Å². The van der Waals surface area contributed by atoms with Crippen LogP contribution in [0.4, 0.5) is 4.39 Å². The summed E-state index contributed by atoms with van der Waals surface area (Å²) < 4.78 is 44.4. The number of aldehydes is 1. The molecule has 0 unspecified atom stereocenters. The molecule has 8 nitrogen and oxygen atoms in total. The highest BCUT2D eigenvalue weighted by Gasteiger charge is 2.17. The van der Waals surface area contributed by atoms with Gasteiger partial charge in [0, 0.05) is 48.9 Å². The number of nitrogens with zero attached hydrogens (tertiary/aromatic N) is 2. The van der Waals surface area contributed by atoms with Crippen LogP contribution in [0.25, 0.3) is 22.3 Å². The lowest BCUT2D eigenvalue weighted by atomic mass is 9.89. The van der Waals surface area contributed by atoms with Crippen LogP contribution in [-0.2, 0) is 22.7 Å². The van der Waals surface area contributed by atoms with Gasteiger partial charge in [0.25, 0.3) is 0 Å². The number of carbonyl (C=O) groups is 1. The predicted molar refractivity (Wildman–Crippen MR) is 194 cm³/mol. The van der Waals surface area contributed by atoms with E-state index in [1.165, 1.54) is 18.3 Å². The molecule has 0 saturated heterocycles. The summed E-state index contributed by atoms with van der Waals surface area (Å²) in [6, 6.07) is 23.4. The van der Waals surface area contributed by atoms with Crippen LogP contribution in [-0.4, -0.2) is 37.4 Å². The normalized spacial score (nSPS) is 10.9. The van der Waals surface area contributed by atoms with Gasteiger partial charge in [0.1, 0.15) is 49.0 Å². The standard InChI is InChI=1S/C41H38ClFN2O6/c1-5-47-41(48-6-2)25-49-32-13-14-36(38(43)17-32)35-12-8-11-34(27(35)4)33-10-7-9-30(26(33)3)24-51-40-18-39(31(22-46)16-37(40)42)50-23-29-15-28(19-44)20-45-21-29/h7-18,20-22,41H,5-6,23-25H2,1-4H3. The van der Waals surface area contributed by atoms with Gasteiger partial charge in [-0.15, -0.1) is 0 Å². The number of halogens is 2. The summed E-state index contributed by atoms with van der Waals surface area (Å²) in [5.41, 5.74) is 7.34. The van der Waals surface area contributed by atoms with E-state index >= 15 is 4.39 Å².